The number of Topliss-reactive ketones (excluding diaryl/α,β-unsaturated/α-hetero) is 1. The molecular formula is C46H62N6O7. The number of nitrogens with zero attached hydrogens (tertiary/aromatic N) is 2. The summed E-state index contributed by atoms with van der Waals surface area (Å²) < 4.78 is 5.39. The van der Waals surface area contributed by atoms with E-state index in [-0.39, 0.29) is 54.8 Å². The zero-order chi connectivity index (χ0) is 42.7. The van der Waals surface area contributed by atoms with Crippen LogP contribution in [0.15, 0.2) is 60.7 Å². The van der Waals surface area contributed by atoms with Gasteiger partial charge in [-0.1, -0.05) is 77.6 Å². The minimum atomic E-state index is -0.728. The summed E-state index contributed by atoms with van der Waals surface area (Å²) in [6.45, 7) is 8.44. The number of alkyl carbamates (subject to hydrolysis) is 1. The topological polar surface area (TPSA) is 190 Å². The van der Waals surface area contributed by atoms with Gasteiger partial charge in [0.05, 0.1) is 11.6 Å². The van der Waals surface area contributed by atoms with Gasteiger partial charge in [-0.2, -0.15) is 0 Å². The first kappa shape index (κ1) is 46.1. The van der Waals surface area contributed by atoms with Gasteiger partial charge in [-0.05, 0) is 91.8 Å². The van der Waals surface area contributed by atoms with Crippen molar-refractivity contribution in [2.45, 2.75) is 124 Å². The summed E-state index contributed by atoms with van der Waals surface area (Å²) in [4.78, 5) is 80.3. The molecule has 0 saturated carbocycles. The number of amides is 5. The summed E-state index contributed by atoms with van der Waals surface area (Å²) in [6.07, 6.45) is 12.0. The third-order valence-corrected chi connectivity index (χ3v) is 10.6. The number of benzene rings is 2. The Balaban J connectivity index is 1.09. The van der Waals surface area contributed by atoms with Gasteiger partial charge in [0, 0.05) is 55.1 Å². The van der Waals surface area contributed by atoms with E-state index in [1.807, 2.05) is 26.0 Å². The second-order valence-corrected chi connectivity index (χ2v) is 15.8. The third kappa shape index (κ3) is 14.9. The number of rotatable bonds is 25. The quantitative estimate of drug-likeness (QED) is 0.0501. The Hall–Kier alpha value is -5.59. The number of imide groups is 1. The molecule has 1 aliphatic heterocycles. The number of ether oxygens (including phenoxy) is 1. The minimum Gasteiger partial charge on any atom is -0.445 e. The van der Waals surface area contributed by atoms with E-state index >= 15 is 0 Å². The fourth-order valence-corrected chi connectivity index (χ4v) is 7.02. The lowest BCUT2D eigenvalue weighted by atomic mass is 9.92. The molecular weight excluding hydrogens is 749 g/mol. The number of ketones is 1. The summed E-state index contributed by atoms with van der Waals surface area (Å²) in [5.41, 5.74) is 10.9. The van der Waals surface area contributed by atoms with Gasteiger partial charge in [-0.3, -0.25) is 28.9 Å². The van der Waals surface area contributed by atoms with Crippen molar-refractivity contribution >= 4 is 57.9 Å². The number of carbonyl (C=O) groups excluding carboxylic acids is 6. The molecule has 5 N–H and O–H groups in total. The number of anilines is 2. The average Bonchev–Trinajstić information content (AvgIpc) is 3.53. The Bertz CT molecular complexity index is 1930. The first-order valence-corrected chi connectivity index (χ1v) is 21.2. The van der Waals surface area contributed by atoms with E-state index in [4.69, 9.17) is 10.5 Å². The highest BCUT2D eigenvalue weighted by molar-refractivity contribution is 6.12. The molecule has 0 aliphatic carbocycles. The molecule has 13 heteroatoms. The number of hydrogen-bond acceptors (Lipinski definition) is 9. The van der Waals surface area contributed by atoms with Crippen molar-refractivity contribution in [3.8, 4) is 0 Å². The molecule has 4 rings (SSSR count). The molecule has 2 aromatic carbocycles. The van der Waals surface area contributed by atoms with Crippen LogP contribution in [-0.4, -0.2) is 64.5 Å². The van der Waals surface area contributed by atoms with Crippen LogP contribution in [0.2, 0.25) is 0 Å². The SMILES string of the molecule is CCCCCc1cc2c(CCCCCNC(=O)OCc3ccc(NC(=O)[C@H](C)CC(=O)[C@@H](NC(=O)CCCCCN4C(=O)C=CC4=O)C(C)C)cc3)cccc2nc1N. The Morgan fingerprint density at radius 2 is 1.53 bits per heavy atom. The van der Waals surface area contributed by atoms with Crippen molar-refractivity contribution in [1.82, 2.24) is 20.5 Å². The van der Waals surface area contributed by atoms with Gasteiger partial charge in [0.25, 0.3) is 11.8 Å². The van der Waals surface area contributed by atoms with Crippen LogP contribution < -0.4 is 21.7 Å². The number of aryl methyl sites for hydroxylation is 2. The van der Waals surface area contributed by atoms with E-state index in [1.165, 1.54) is 34.4 Å². The molecule has 318 valence electrons. The van der Waals surface area contributed by atoms with Crippen LogP contribution in [0.5, 0.6) is 0 Å². The van der Waals surface area contributed by atoms with E-state index in [9.17, 15) is 28.8 Å². The van der Waals surface area contributed by atoms with Gasteiger partial charge in [-0.15, -0.1) is 0 Å². The maximum absolute atomic E-state index is 13.2. The highest BCUT2D eigenvalue weighted by atomic mass is 16.5. The monoisotopic (exact) mass is 810 g/mol. The molecule has 0 bridgehead atoms. The van der Waals surface area contributed by atoms with Crippen LogP contribution in [0.3, 0.4) is 0 Å². The molecule has 0 fully saturated rings. The van der Waals surface area contributed by atoms with Crippen LogP contribution in [0.25, 0.3) is 10.9 Å². The standard InChI is InChI=1S/C46H62N6O7/c1-5-6-9-16-35-29-37-34(17-14-18-38(37)50-44(35)47)15-10-7-12-26-48-46(58)59-30-33-20-22-36(23-21-33)49-45(57)32(4)28-39(53)43(31(2)3)51-40(54)19-11-8-13-27-52-41(55)24-25-42(52)56/h14,17-18,20-25,29,31-32,43H,5-13,15-16,19,26-28,30H2,1-4H3,(H2,47,50)(H,48,58)(H,49,57)(H,51,54)/t32-,43+/m1/s1. The maximum atomic E-state index is 13.2. The molecule has 1 aliphatic rings. The summed E-state index contributed by atoms with van der Waals surface area (Å²) in [5, 5.41) is 9.65. The van der Waals surface area contributed by atoms with Gasteiger partial charge < -0.3 is 26.4 Å². The van der Waals surface area contributed by atoms with Crippen molar-refractivity contribution in [3.05, 3.63) is 77.4 Å². The second-order valence-electron chi connectivity index (χ2n) is 15.8. The highest BCUT2D eigenvalue weighted by Gasteiger charge is 2.28. The number of nitrogens with two attached hydrogens (primary N) is 1. The fraction of sp³-hybridized carbons (Fsp3) is 0.500. The van der Waals surface area contributed by atoms with Gasteiger partial charge in [0.15, 0.2) is 5.78 Å². The average molecular weight is 811 g/mol. The fourth-order valence-electron chi connectivity index (χ4n) is 7.02. The van der Waals surface area contributed by atoms with Crippen molar-refractivity contribution in [1.29, 1.82) is 0 Å². The molecule has 0 radical (unpaired) electrons. The van der Waals surface area contributed by atoms with Gasteiger partial charge in [-0.25, -0.2) is 9.78 Å². The number of carbonyl (C=O) groups is 6. The summed E-state index contributed by atoms with van der Waals surface area (Å²) in [7, 11) is 0. The van der Waals surface area contributed by atoms with E-state index in [0.29, 0.717) is 43.9 Å². The number of fused-ring (bicyclic) bond motifs is 1. The summed E-state index contributed by atoms with van der Waals surface area (Å²) in [6, 6.07) is 14.6. The van der Waals surface area contributed by atoms with Crippen molar-refractivity contribution in [2.75, 3.05) is 24.1 Å². The van der Waals surface area contributed by atoms with Crippen molar-refractivity contribution in [3.63, 3.8) is 0 Å². The molecule has 59 heavy (non-hydrogen) atoms. The summed E-state index contributed by atoms with van der Waals surface area (Å²) in [5.74, 6) is -1.64. The molecule has 3 aromatic rings. The normalized spacial score (nSPS) is 13.5. The number of unbranched alkanes of at least 4 members (excludes halogenated alkanes) is 6. The number of hydrogen-bond donors (Lipinski definition) is 4. The first-order chi connectivity index (χ1) is 28.4. The number of pyridine rings is 1. The van der Waals surface area contributed by atoms with Crippen LogP contribution in [0.4, 0.5) is 16.3 Å². The minimum absolute atomic E-state index is 0.0419. The molecule has 13 nitrogen and oxygen atoms in total. The molecule has 0 unspecified atom stereocenters. The number of aromatic nitrogens is 1. The molecule has 1 aromatic heterocycles. The zero-order valence-corrected chi connectivity index (χ0v) is 35.1. The lowest BCUT2D eigenvalue weighted by Crippen LogP contribution is -2.45. The predicted octanol–water partition coefficient (Wildman–Crippen LogP) is 7.35. The first-order valence-electron chi connectivity index (χ1n) is 21.2. The zero-order valence-electron chi connectivity index (χ0n) is 35.1. The van der Waals surface area contributed by atoms with E-state index in [2.05, 4.69) is 40.0 Å². The summed E-state index contributed by atoms with van der Waals surface area (Å²) >= 11 is 0. The maximum Gasteiger partial charge on any atom is 0.407 e. The Labute approximate surface area is 348 Å². The number of nitrogen functional groups attached to an aromatic ring is 1. The van der Waals surface area contributed by atoms with Crippen LogP contribution in [0.1, 0.15) is 115 Å². The molecule has 2 heterocycles. The Kier molecular flexibility index (Phi) is 18.5. The smallest absolute Gasteiger partial charge is 0.407 e. The van der Waals surface area contributed by atoms with Gasteiger partial charge >= 0.3 is 6.09 Å². The number of nitrogens with one attached hydrogen (secondary N) is 3. The van der Waals surface area contributed by atoms with E-state index in [0.717, 1.165) is 61.6 Å². The van der Waals surface area contributed by atoms with Crippen molar-refractivity contribution in [2.24, 2.45) is 11.8 Å². The van der Waals surface area contributed by atoms with E-state index < -0.39 is 18.1 Å². The van der Waals surface area contributed by atoms with Gasteiger partial charge in [0.1, 0.15) is 12.4 Å². The van der Waals surface area contributed by atoms with Crippen LogP contribution >= 0.6 is 0 Å². The van der Waals surface area contributed by atoms with Gasteiger partial charge in [0.2, 0.25) is 11.8 Å². The predicted molar refractivity (Wildman–Crippen MR) is 230 cm³/mol. The molecule has 5 amide bonds. The Morgan fingerprint density at radius 1 is 0.831 bits per heavy atom. The third-order valence-electron chi connectivity index (χ3n) is 10.6. The molecule has 2 atom stereocenters. The van der Waals surface area contributed by atoms with Crippen LogP contribution in [0, 0.1) is 11.8 Å². The second kappa shape index (κ2) is 23.7. The van der Waals surface area contributed by atoms with E-state index in [1.54, 1.807) is 31.2 Å². The van der Waals surface area contributed by atoms with Crippen LogP contribution in [-0.2, 0) is 48.2 Å². The molecule has 0 spiro atoms. The largest absolute Gasteiger partial charge is 0.445 e. The molecule has 0 saturated heterocycles. The highest BCUT2D eigenvalue weighted by Crippen LogP contribution is 2.25. The lowest BCUT2D eigenvalue weighted by molar-refractivity contribution is -0.137. The van der Waals surface area contributed by atoms with Crippen molar-refractivity contribution < 1.29 is 33.5 Å². The Morgan fingerprint density at radius 3 is 2.24 bits per heavy atom. The lowest BCUT2D eigenvalue weighted by Gasteiger charge is -2.23.